The molecule has 0 bridgehead atoms. The first-order valence-electron chi connectivity index (χ1n) is 14.0. The number of anilines is 1. The summed E-state index contributed by atoms with van der Waals surface area (Å²) in [7, 11) is 1.84. The number of amides is 1. The maximum Gasteiger partial charge on any atom is 0.348 e. The minimum Gasteiger partial charge on any atom is -0.477 e. The molecule has 2 saturated carbocycles. The Balaban J connectivity index is 1.58. The highest BCUT2D eigenvalue weighted by Crippen LogP contribution is 2.39. The maximum atomic E-state index is 14.1. The van der Waals surface area contributed by atoms with Gasteiger partial charge in [-0.05, 0) is 90.2 Å². The maximum absolute atomic E-state index is 14.1. The van der Waals surface area contributed by atoms with Crippen molar-refractivity contribution in [3.63, 3.8) is 0 Å². The van der Waals surface area contributed by atoms with Crippen molar-refractivity contribution in [2.75, 3.05) is 11.9 Å². The summed E-state index contributed by atoms with van der Waals surface area (Å²) in [5, 5.41) is 16.2. The van der Waals surface area contributed by atoms with Crippen LogP contribution in [0.25, 0.3) is 0 Å². The van der Waals surface area contributed by atoms with Gasteiger partial charge in [-0.2, -0.15) is 0 Å². The van der Waals surface area contributed by atoms with Crippen molar-refractivity contribution >= 4 is 34.8 Å². The average molecular weight is 552 g/mol. The van der Waals surface area contributed by atoms with Crippen molar-refractivity contribution in [2.45, 2.75) is 91.2 Å². The van der Waals surface area contributed by atoms with Crippen molar-refractivity contribution in [2.24, 2.45) is 22.4 Å². The average Bonchev–Trinajstić information content (AvgIpc) is 3.30. The van der Waals surface area contributed by atoms with Crippen LogP contribution < -0.4 is 4.90 Å². The van der Waals surface area contributed by atoms with E-state index in [1.54, 1.807) is 5.01 Å². The molecule has 0 radical (unpaired) electrons. The number of aromatic carboxylic acids is 1. The summed E-state index contributed by atoms with van der Waals surface area (Å²) in [6.45, 7) is 12.2. The fourth-order valence-electron chi connectivity index (χ4n) is 5.40. The highest BCUT2D eigenvalue weighted by molar-refractivity contribution is 7.15. The molecule has 1 aliphatic heterocycles. The Labute approximate surface area is 236 Å². The Kier molecular flexibility index (Phi) is 8.90. The smallest absolute Gasteiger partial charge is 0.348 e. The zero-order valence-electron chi connectivity index (χ0n) is 23.8. The number of carboxylic acids is 1. The molecule has 0 unspecified atom stereocenters. The molecule has 1 N–H and O–H groups in total. The van der Waals surface area contributed by atoms with Gasteiger partial charge in [-0.15, -0.1) is 16.4 Å². The summed E-state index contributed by atoms with van der Waals surface area (Å²) in [5.41, 5.74) is 1.09. The number of rotatable bonds is 5. The van der Waals surface area contributed by atoms with Crippen molar-refractivity contribution in [3.8, 4) is 11.8 Å². The lowest BCUT2D eigenvalue weighted by atomic mass is 9.81. The lowest BCUT2D eigenvalue weighted by Gasteiger charge is -2.39. The van der Waals surface area contributed by atoms with Crippen LogP contribution in [-0.4, -0.2) is 47.1 Å². The molecule has 1 aromatic rings. The van der Waals surface area contributed by atoms with Gasteiger partial charge in [0.15, 0.2) is 0 Å². The minimum absolute atomic E-state index is 0.00784. The zero-order valence-corrected chi connectivity index (χ0v) is 24.6. The van der Waals surface area contributed by atoms with Gasteiger partial charge in [-0.1, -0.05) is 25.3 Å². The number of thiophene rings is 1. The third-order valence-electron chi connectivity index (χ3n) is 7.71. The lowest BCUT2D eigenvalue weighted by molar-refractivity contribution is -0.124. The molecule has 7 nitrogen and oxygen atoms in total. The van der Waals surface area contributed by atoms with E-state index >= 15 is 0 Å². The van der Waals surface area contributed by atoms with Gasteiger partial charge in [-0.3, -0.25) is 9.80 Å². The van der Waals surface area contributed by atoms with Gasteiger partial charge < -0.3 is 14.7 Å². The predicted octanol–water partition coefficient (Wildman–Crippen LogP) is 6.66. The van der Waals surface area contributed by atoms with Crippen LogP contribution in [0.2, 0.25) is 0 Å². The lowest BCUT2D eigenvalue weighted by Crippen LogP contribution is -2.47. The number of carboxylic acid groups (broad SMARTS) is 1. The third-order valence-corrected chi connectivity index (χ3v) is 8.74. The Hall–Kier alpha value is -3.05. The summed E-state index contributed by atoms with van der Waals surface area (Å²) < 4.78 is 6.17. The third kappa shape index (κ3) is 7.33. The molecular formula is C31H41N3O4S. The molecule has 3 aliphatic rings. The summed E-state index contributed by atoms with van der Waals surface area (Å²) in [4.78, 5) is 29.2. The molecule has 210 valence electrons. The molecule has 0 atom stereocenters. The van der Waals surface area contributed by atoms with E-state index in [0.717, 1.165) is 68.4 Å². The van der Waals surface area contributed by atoms with Crippen LogP contribution >= 0.6 is 11.3 Å². The number of hydrazone groups is 1. The van der Waals surface area contributed by atoms with Crippen LogP contribution in [-0.2, 0) is 9.53 Å². The van der Waals surface area contributed by atoms with E-state index in [-0.39, 0.29) is 34.3 Å². The number of ether oxygens (including phenoxy) is 1. The summed E-state index contributed by atoms with van der Waals surface area (Å²) in [5.74, 6) is 6.51. The highest BCUT2D eigenvalue weighted by atomic mass is 32.1. The molecule has 1 amide bonds. The van der Waals surface area contributed by atoms with E-state index < -0.39 is 5.97 Å². The molecule has 8 heteroatoms. The second-order valence-corrected chi connectivity index (χ2v) is 13.2. The van der Waals surface area contributed by atoms with Gasteiger partial charge in [0.25, 0.3) is 0 Å². The fraction of sp³-hybridized carbons (Fsp3) is 0.581. The van der Waals surface area contributed by atoms with Crippen LogP contribution in [0.3, 0.4) is 0 Å². The molecule has 4 rings (SSSR count). The zero-order chi connectivity index (χ0) is 28.3. The first-order valence-corrected chi connectivity index (χ1v) is 14.8. The van der Waals surface area contributed by atoms with Crippen LogP contribution in [0.1, 0.15) is 93.6 Å². The normalized spacial score (nSPS) is 25.4. The Morgan fingerprint density at radius 2 is 1.79 bits per heavy atom. The Morgan fingerprint density at radius 3 is 2.38 bits per heavy atom. The van der Waals surface area contributed by atoms with Gasteiger partial charge in [0, 0.05) is 30.5 Å². The van der Waals surface area contributed by atoms with Crippen LogP contribution in [0.15, 0.2) is 35.6 Å². The largest absolute Gasteiger partial charge is 0.477 e. The minimum atomic E-state index is -1.02. The SMILES string of the molecule is C=C1C=CC(O[C@H]2CC[C@@H](N(C(=O)C3CCC(C)CC3)c3cc(C#CC(C)(C)C)sc3C(=O)O)CC2)=NN1C. The van der Waals surface area contributed by atoms with Gasteiger partial charge in [-0.25, -0.2) is 4.79 Å². The van der Waals surface area contributed by atoms with Crippen molar-refractivity contribution < 1.29 is 19.4 Å². The van der Waals surface area contributed by atoms with Gasteiger partial charge in [0.05, 0.1) is 16.3 Å². The molecule has 0 spiro atoms. The molecule has 2 aliphatic carbocycles. The number of hydrogen-bond donors (Lipinski definition) is 1. The van der Waals surface area contributed by atoms with Crippen LogP contribution in [0.5, 0.6) is 0 Å². The molecule has 0 saturated heterocycles. The van der Waals surface area contributed by atoms with E-state index in [1.165, 1.54) is 0 Å². The van der Waals surface area contributed by atoms with Crippen molar-refractivity contribution in [1.29, 1.82) is 0 Å². The standard InChI is InChI=1S/C31H41N3O4S/c1-20-7-10-22(11-8-20)29(35)34(26-19-25(17-18-31(3,4)5)39-28(26)30(36)37)23-12-14-24(15-13-23)38-27-16-9-21(2)33(6)32-27/h9,16,19-20,22-24H,2,7-8,10-15H2,1,3-6H3,(H,36,37)/t20?,22?,23-,24+. The second kappa shape index (κ2) is 12.0. The number of likely N-dealkylation sites (N-methyl/N-ethyl adjacent to an activating group) is 1. The Bertz CT molecular complexity index is 1210. The topological polar surface area (TPSA) is 82.4 Å². The molecule has 2 fully saturated rings. The first-order chi connectivity index (χ1) is 18.4. The summed E-state index contributed by atoms with van der Waals surface area (Å²) in [6, 6.07) is 1.74. The molecule has 0 aromatic carbocycles. The molecule has 39 heavy (non-hydrogen) atoms. The number of allylic oxidation sites excluding steroid dienone is 1. The van der Waals surface area contributed by atoms with E-state index in [2.05, 4.69) is 30.4 Å². The summed E-state index contributed by atoms with van der Waals surface area (Å²) >= 11 is 1.16. The number of carbonyl (C=O) groups is 2. The molecular weight excluding hydrogens is 510 g/mol. The number of hydrogen-bond acceptors (Lipinski definition) is 6. The fourth-order valence-corrected chi connectivity index (χ4v) is 6.24. The predicted molar refractivity (Wildman–Crippen MR) is 157 cm³/mol. The second-order valence-electron chi connectivity index (χ2n) is 12.1. The highest BCUT2D eigenvalue weighted by Gasteiger charge is 2.38. The first kappa shape index (κ1) is 28.9. The quantitative estimate of drug-likeness (QED) is 0.414. The van der Waals surface area contributed by atoms with Gasteiger partial charge >= 0.3 is 5.97 Å². The van der Waals surface area contributed by atoms with Crippen LogP contribution in [0, 0.1) is 29.1 Å². The van der Waals surface area contributed by atoms with E-state index in [0.29, 0.717) is 22.4 Å². The van der Waals surface area contributed by atoms with E-state index in [4.69, 9.17) is 4.74 Å². The van der Waals surface area contributed by atoms with Crippen molar-refractivity contribution in [1.82, 2.24) is 5.01 Å². The van der Waals surface area contributed by atoms with Crippen molar-refractivity contribution in [3.05, 3.63) is 40.2 Å². The monoisotopic (exact) mass is 551 g/mol. The number of nitrogens with zero attached hydrogens (tertiary/aromatic N) is 3. The van der Waals surface area contributed by atoms with Crippen LogP contribution in [0.4, 0.5) is 5.69 Å². The van der Waals surface area contributed by atoms with E-state index in [1.807, 2.05) is 50.9 Å². The molecule has 2 heterocycles. The molecule has 1 aromatic heterocycles. The van der Waals surface area contributed by atoms with Gasteiger partial charge in [0.1, 0.15) is 11.0 Å². The Morgan fingerprint density at radius 1 is 1.13 bits per heavy atom. The van der Waals surface area contributed by atoms with E-state index in [9.17, 15) is 14.7 Å². The number of carbonyl (C=O) groups excluding carboxylic acids is 1. The summed E-state index contributed by atoms with van der Waals surface area (Å²) in [6.07, 6.45) is 10.4. The van der Waals surface area contributed by atoms with Gasteiger partial charge in [0.2, 0.25) is 11.8 Å².